The number of aromatic nitrogens is 2. The molecule has 0 aliphatic heterocycles. The van der Waals surface area contributed by atoms with Gasteiger partial charge in [0.15, 0.2) is 16.7 Å². The molecule has 1 fully saturated rings. The lowest BCUT2D eigenvalue weighted by molar-refractivity contribution is 0.00446. The first kappa shape index (κ1) is 18.5. The summed E-state index contributed by atoms with van der Waals surface area (Å²) in [4.78, 5) is 7.95. The minimum atomic E-state index is -1.08. The molecule has 2 aromatic rings. The monoisotopic (exact) mass is 378 g/mol. The van der Waals surface area contributed by atoms with Crippen molar-refractivity contribution < 1.29 is 15.3 Å². The fourth-order valence-electron chi connectivity index (χ4n) is 2.86. The van der Waals surface area contributed by atoms with Crippen LogP contribution in [0.2, 0.25) is 5.15 Å². The molecule has 0 amide bonds. The standard InChI is InChI=1S/C16H19ClN6O3/c17-14-11(23-22-9-4-2-1-3-5-9)15(21-16(18)20-14)19-10-6-8(7-24)12(25)13(10)26/h1-5,8,10,12-13,24-26H,6-7H2,(H3,18,19,20,21)/b23-22+/t8-,10-,12-,13+/m1/s1. The van der Waals surface area contributed by atoms with Crippen LogP contribution in [0.3, 0.4) is 0 Å². The Balaban J connectivity index is 1.88. The Bertz CT molecular complexity index is 791. The molecule has 0 unspecified atom stereocenters. The Morgan fingerprint density at radius 1 is 1.15 bits per heavy atom. The van der Waals surface area contributed by atoms with Crippen LogP contribution < -0.4 is 11.1 Å². The number of hydrogen-bond acceptors (Lipinski definition) is 9. The van der Waals surface area contributed by atoms with Gasteiger partial charge in [-0.25, -0.2) is 0 Å². The van der Waals surface area contributed by atoms with Gasteiger partial charge in [-0.2, -0.15) is 15.1 Å². The van der Waals surface area contributed by atoms with Gasteiger partial charge in [0.05, 0.1) is 17.8 Å². The van der Waals surface area contributed by atoms with E-state index in [0.29, 0.717) is 12.1 Å². The van der Waals surface area contributed by atoms with E-state index in [9.17, 15) is 15.3 Å². The van der Waals surface area contributed by atoms with Gasteiger partial charge in [0.1, 0.15) is 6.10 Å². The van der Waals surface area contributed by atoms with Crippen LogP contribution in [-0.2, 0) is 0 Å². The number of nitrogen functional groups attached to an aromatic ring is 1. The van der Waals surface area contributed by atoms with Crippen LogP contribution in [-0.4, -0.2) is 50.1 Å². The van der Waals surface area contributed by atoms with Crippen molar-refractivity contribution in [3.8, 4) is 0 Å². The molecule has 4 atom stereocenters. The minimum Gasteiger partial charge on any atom is -0.396 e. The molecule has 138 valence electrons. The van der Waals surface area contributed by atoms with E-state index in [1.807, 2.05) is 18.2 Å². The number of halogens is 1. The maximum atomic E-state index is 10.2. The summed E-state index contributed by atoms with van der Waals surface area (Å²) in [5.41, 5.74) is 6.43. The Kier molecular flexibility index (Phi) is 5.62. The highest BCUT2D eigenvalue weighted by Gasteiger charge is 2.41. The number of nitrogens with zero attached hydrogens (tertiary/aromatic N) is 4. The molecule has 26 heavy (non-hydrogen) atoms. The van der Waals surface area contributed by atoms with Crippen molar-refractivity contribution in [2.24, 2.45) is 16.1 Å². The first-order valence-electron chi connectivity index (χ1n) is 8.03. The summed E-state index contributed by atoms with van der Waals surface area (Å²) in [7, 11) is 0. The number of aliphatic hydroxyl groups is 3. The lowest BCUT2D eigenvalue weighted by atomic mass is 10.1. The van der Waals surface area contributed by atoms with Gasteiger partial charge >= 0.3 is 0 Å². The van der Waals surface area contributed by atoms with Crippen molar-refractivity contribution in [1.29, 1.82) is 0 Å². The van der Waals surface area contributed by atoms with Gasteiger partial charge in [-0.05, 0) is 18.6 Å². The number of rotatable bonds is 5. The van der Waals surface area contributed by atoms with E-state index < -0.39 is 24.2 Å². The fraction of sp³-hybridized carbons (Fsp3) is 0.375. The van der Waals surface area contributed by atoms with E-state index in [1.54, 1.807) is 12.1 Å². The van der Waals surface area contributed by atoms with Crippen molar-refractivity contribution in [2.45, 2.75) is 24.7 Å². The summed E-state index contributed by atoms with van der Waals surface area (Å²) < 4.78 is 0. The second-order valence-electron chi connectivity index (χ2n) is 6.02. The van der Waals surface area contributed by atoms with Gasteiger partial charge in [-0.15, -0.1) is 5.11 Å². The first-order chi connectivity index (χ1) is 12.5. The smallest absolute Gasteiger partial charge is 0.223 e. The number of benzene rings is 1. The van der Waals surface area contributed by atoms with Crippen LogP contribution in [0, 0.1) is 5.92 Å². The quantitative estimate of drug-likeness (QED) is 0.392. The third kappa shape index (κ3) is 3.91. The molecule has 0 radical (unpaired) electrons. The number of aliphatic hydroxyl groups excluding tert-OH is 3. The zero-order chi connectivity index (χ0) is 18.7. The van der Waals surface area contributed by atoms with Crippen molar-refractivity contribution in [3.63, 3.8) is 0 Å². The SMILES string of the molecule is Nc1nc(Cl)c(/N=N/c2ccccc2)c(N[C@@H]2C[C@H](CO)[C@@H](O)[C@H]2O)n1. The third-order valence-corrected chi connectivity index (χ3v) is 4.50. The molecule has 9 nitrogen and oxygen atoms in total. The summed E-state index contributed by atoms with van der Waals surface area (Å²) >= 11 is 6.13. The largest absolute Gasteiger partial charge is 0.396 e. The molecule has 6 N–H and O–H groups in total. The zero-order valence-electron chi connectivity index (χ0n) is 13.7. The van der Waals surface area contributed by atoms with Crippen LogP contribution >= 0.6 is 11.6 Å². The van der Waals surface area contributed by atoms with E-state index in [4.69, 9.17) is 17.3 Å². The Labute approximate surface area is 154 Å². The Morgan fingerprint density at radius 2 is 1.88 bits per heavy atom. The summed E-state index contributed by atoms with van der Waals surface area (Å²) in [5.74, 6) is -0.313. The molecule has 1 aromatic carbocycles. The average molecular weight is 379 g/mol. The summed E-state index contributed by atoms with van der Waals surface area (Å²) in [6.07, 6.45) is -1.78. The van der Waals surface area contributed by atoms with E-state index in [2.05, 4.69) is 25.5 Å². The molecule has 10 heteroatoms. The maximum absolute atomic E-state index is 10.2. The van der Waals surface area contributed by atoms with Crippen LogP contribution in [0.25, 0.3) is 0 Å². The zero-order valence-corrected chi connectivity index (χ0v) is 14.5. The molecular formula is C16H19ClN6O3. The number of hydrogen-bond donors (Lipinski definition) is 5. The second kappa shape index (κ2) is 7.92. The van der Waals surface area contributed by atoms with E-state index in [0.717, 1.165) is 0 Å². The highest BCUT2D eigenvalue weighted by atomic mass is 35.5. The van der Waals surface area contributed by atoms with Crippen LogP contribution in [0.15, 0.2) is 40.6 Å². The molecule has 3 rings (SSSR count). The van der Waals surface area contributed by atoms with E-state index >= 15 is 0 Å². The molecule has 1 aliphatic carbocycles. The topological polar surface area (TPSA) is 149 Å². The lowest BCUT2D eigenvalue weighted by Crippen LogP contribution is -2.35. The molecule has 1 aromatic heterocycles. The maximum Gasteiger partial charge on any atom is 0.223 e. The molecule has 1 aliphatic rings. The van der Waals surface area contributed by atoms with Crippen molar-refractivity contribution in [2.75, 3.05) is 17.7 Å². The van der Waals surface area contributed by atoms with Gasteiger partial charge in [0.2, 0.25) is 5.95 Å². The third-order valence-electron chi connectivity index (χ3n) is 4.24. The second-order valence-corrected chi connectivity index (χ2v) is 6.37. The van der Waals surface area contributed by atoms with Gasteiger partial charge < -0.3 is 26.4 Å². The van der Waals surface area contributed by atoms with Crippen molar-refractivity contribution in [1.82, 2.24) is 9.97 Å². The van der Waals surface area contributed by atoms with Gasteiger partial charge in [-0.3, -0.25) is 0 Å². The minimum absolute atomic E-state index is 0.00595. The van der Waals surface area contributed by atoms with E-state index in [1.165, 1.54) is 0 Å². The predicted molar refractivity (Wildman–Crippen MR) is 96.7 cm³/mol. The predicted octanol–water partition coefficient (Wildman–Crippen LogP) is 1.64. The van der Waals surface area contributed by atoms with Crippen molar-refractivity contribution in [3.05, 3.63) is 35.5 Å². The van der Waals surface area contributed by atoms with Gasteiger partial charge in [0.25, 0.3) is 0 Å². The molecular weight excluding hydrogens is 360 g/mol. The number of anilines is 2. The Morgan fingerprint density at radius 3 is 2.54 bits per heavy atom. The summed E-state index contributed by atoms with van der Waals surface area (Å²) in [6.45, 7) is -0.232. The number of nitrogens with two attached hydrogens (primary N) is 1. The molecule has 0 spiro atoms. The van der Waals surface area contributed by atoms with Gasteiger partial charge in [-0.1, -0.05) is 29.8 Å². The molecule has 0 saturated heterocycles. The average Bonchev–Trinajstić information content (AvgIpc) is 2.89. The highest BCUT2D eigenvalue weighted by Crippen LogP contribution is 2.36. The summed E-state index contributed by atoms with van der Waals surface area (Å²) in [5, 5.41) is 40.6. The lowest BCUT2D eigenvalue weighted by Gasteiger charge is -2.19. The molecule has 1 saturated carbocycles. The highest BCUT2D eigenvalue weighted by molar-refractivity contribution is 6.32. The summed E-state index contributed by atoms with van der Waals surface area (Å²) in [6, 6.07) is 8.48. The normalized spacial score (nSPS) is 25.7. The van der Waals surface area contributed by atoms with Crippen LogP contribution in [0.4, 0.5) is 23.1 Å². The Hall–Kier alpha value is -2.33. The van der Waals surface area contributed by atoms with Gasteiger partial charge in [0, 0.05) is 12.5 Å². The van der Waals surface area contributed by atoms with Crippen LogP contribution in [0.5, 0.6) is 0 Å². The number of nitrogens with one attached hydrogen (secondary N) is 1. The molecule has 1 heterocycles. The van der Waals surface area contributed by atoms with Crippen molar-refractivity contribution >= 4 is 34.7 Å². The molecule has 0 bridgehead atoms. The fourth-order valence-corrected chi connectivity index (χ4v) is 3.07. The van der Waals surface area contributed by atoms with Crippen LogP contribution in [0.1, 0.15) is 6.42 Å². The first-order valence-corrected chi connectivity index (χ1v) is 8.40. The number of azo groups is 1. The van der Waals surface area contributed by atoms with E-state index in [-0.39, 0.29) is 29.2 Å².